The Morgan fingerprint density at radius 1 is 1.36 bits per heavy atom. The Labute approximate surface area is 151 Å². The highest BCUT2D eigenvalue weighted by Gasteiger charge is 2.29. The number of amides is 1. The molecule has 1 aliphatic rings. The highest BCUT2D eigenvalue weighted by molar-refractivity contribution is 14.1. The zero-order chi connectivity index (χ0) is 15.7. The number of thiocarbonyl (C=S) groups is 1. The van der Waals surface area contributed by atoms with Gasteiger partial charge in [-0.05, 0) is 6.07 Å². The van der Waals surface area contributed by atoms with Gasteiger partial charge in [0.05, 0.1) is 4.91 Å². The van der Waals surface area contributed by atoms with Crippen molar-refractivity contribution in [3.8, 4) is 11.3 Å². The molecule has 112 valence electrons. The number of alkyl halides is 1. The van der Waals surface area contributed by atoms with Crippen LogP contribution in [-0.2, 0) is 9.22 Å². The number of thioether (sulfide) groups is 1. The summed E-state index contributed by atoms with van der Waals surface area (Å²) in [6.45, 7) is 0. The minimum absolute atomic E-state index is 0.0768. The minimum atomic E-state index is -0.0768. The lowest BCUT2D eigenvalue weighted by atomic mass is 10.1. The molecule has 1 aromatic heterocycles. The van der Waals surface area contributed by atoms with Crippen LogP contribution in [0, 0.1) is 0 Å². The largest absolute Gasteiger partial charge is 0.456 e. The van der Waals surface area contributed by atoms with Crippen LogP contribution in [0.5, 0.6) is 0 Å². The summed E-state index contributed by atoms with van der Waals surface area (Å²) in [6, 6.07) is 12.0. The maximum atomic E-state index is 12.1. The molecule has 3 rings (SSSR count). The van der Waals surface area contributed by atoms with E-state index < -0.39 is 0 Å². The molecule has 6 heteroatoms. The molecule has 22 heavy (non-hydrogen) atoms. The van der Waals surface area contributed by atoms with Gasteiger partial charge in [0, 0.05) is 28.7 Å². The normalized spacial score (nSPS) is 16.8. The number of benzene rings is 1. The second-order valence-corrected chi connectivity index (χ2v) is 7.18. The second kappa shape index (κ2) is 6.55. The van der Waals surface area contributed by atoms with E-state index >= 15 is 0 Å². The van der Waals surface area contributed by atoms with Crippen molar-refractivity contribution in [2.24, 2.45) is 0 Å². The SMILES string of the molecule is CN1C(=O)/C(=C/c2oc(-c3ccccc3)cc2CI)SC1=S. The first-order valence-corrected chi connectivity index (χ1v) is 9.31. The first-order chi connectivity index (χ1) is 10.6. The molecule has 0 N–H and O–H groups in total. The molecule has 0 unspecified atom stereocenters. The summed E-state index contributed by atoms with van der Waals surface area (Å²) in [5.74, 6) is 1.46. The Balaban J connectivity index is 2.00. The third-order valence-electron chi connectivity index (χ3n) is 3.29. The number of halogens is 1. The Hall–Kier alpha value is -1.12. The van der Waals surface area contributed by atoms with E-state index in [2.05, 4.69) is 22.6 Å². The summed E-state index contributed by atoms with van der Waals surface area (Å²) in [5, 5.41) is 0. The summed E-state index contributed by atoms with van der Waals surface area (Å²) in [6.07, 6.45) is 1.79. The van der Waals surface area contributed by atoms with Crippen molar-refractivity contribution < 1.29 is 9.21 Å². The van der Waals surface area contributed by atoms with Crippen molar-refractivity contribution in [2.75, 3.05) is 7.05 Å². The Morgan fingerprint density at radius 2 is 2.09 bits per heavy atom. The van der Waals surface area contributed by atoms with Crippen molar-refractivity contribution in [1.82, 2.24) is 4.90 Å². The highest BCUT2D eigenvalue weighted by Crippen LogP contribution is 2.34. The molecule has 0 bridgehead atoms. The predicted molar refractivity (Wildman–Crippen MR) is 103 cm³/mol. The summed E-state index contributed by atoms with van der Waals surface area (Å²) in [7, 11) is 1.69. The molecule has 1 aliphatic heterocycles. The van der Waals surface area contributed by atoms with E-state index in [1.807, 2.05) is 36.4 Å². The number of furan rings is 1. The molecule has 2 aromatic rings. The summed E-state index contributed by atoms with van der Waals surface area (Å²) in [5.41, 5.74) is 2.09. The fraction of sp³-hybridized carbons (Fsp3) is 0.125. The molecular formula is C16H12INO2S2. The topological polar surface area (TPSA) is 33.5 Å². The molecule has 3 nitrogen and oxygen atoms in total. The van der Waals surface area contributed by atoms with Crippen LogP contribution in [0.3, 0.4) is 0 Å². The van der Waals surface area contributed by atoms with Crippen LogP contribution < -0.4 is 0 Å². The van der Waals surface area contributed by atoms with Crippen molar-refractivity contribution in [3.63, 3.8) is 0 Å². The Kier molecular flexibility index (Phi) is 4.70. The van der Waals surface area contributed by atoms with E-state index in [-0.39, 0.29) is 5.91 Å². The third-order valence-corrected chi connectivity index (χ3v) is 5.60. The van der Waals surface area contributed by atoms with Gasteiger partial charge in [-0.3, -0.25) is 9.69 Å². The fourth-order valence-electron chi connectivity index (χ4n) is 2.08. The van der Waals surface area contributed by atoms with Crippen molar-refractivity contribution >= 4 is 62.9 Å². The van der Waals surface area contributed by atoms with Gasteiger partial charge in [-0.2, -0.15) is 0 Å². The minimum Gasteiger partial charge on any atom is -0.456 e. The predicted octanol–water partition coefficient (Wildman–Crippen LogP) is 4.71. The van der Waals surface area contributed by atoms with Gasteiger partial charge in [0.25, 0.3) is 5.91 Å². The number of likely N-dealkylation sites (N-methyl/N-ethyl adjacent to an activating group) is 1. The van der Waals surface area contributed by atoms with E-state index in [4.69, 9.17) is 16.6 Å². The van der Waals surface area contributed by atoms with Crippen LogP contribution >= 0.6 is 46.6 Å². The second-order valence-electron chi connectivity index (χ2n) is 4.74. The molecule has 0 atom stereocenters. The van der Waals surface area contributed by atoms with E-state index in [9.17, 15) is 4.79 Å². The van der Waals surface area contributed by atoms with Gasteiger partial charge in [0.15, 0.2) is 0 Å². The maximum absolute atomic E-state index is 12.1. The molecule has 1 fully saturated rings. The quantitative estimate of drug-likeness (QED) is 0.299. The zero-order valence-corrected chi connectivity index (χ0v) is 15.5. The monoisotopic (exact) mass is 441 g/mol. The van der Waals surface area contributed by atoms with Crippen molar-refractivity contribution in [1.29, 1.82) is 0 Å². The molecule has 1 saturated heterocycles. The van der Waals surface area contributed by atoms with Gasteiger partial charge in [-0.25, -0.2) is 0 Å². The molecule has 0 saturated carbocycles. The van der Waals surface area contributed by atoms with Crippen LogP contribution in [0.1, 0.15) is 11.3 Å². The van der Waals surface area contributed by atoms with Crippen molar-refractivity contribution in [3.05, 3.63) is 52.6 Å². The van der Waals surface area contributed by atoms with Gasteiger partial charge >= 0.3 is 0 Å². The number of carbonyl (C=O) groups is 1. The lowest BCUT2D eigenvalue weighted by molar-refractivity contribution is -0.121. The molecule has 1 amide bonds. The van der Waals surface area contributed by atoms with Crippen LogP contribution in [0.15, 0.2) is 45.7 Å². The first-order valence-electron chi connectivity index (χ1n) is 6.56. The summed E-state index contributed by atoms with van der Waals surface area (Å²) >= 11 is 8.75. The average Bonchev–Trinajstić information content (AvgIpc) is 3.05. The van der Waals surface area contributed by atoms with Gasteiger partial charge < -0.3 is 4.42 Å². The zero-order valence-electron chi connectivity index (χ0n) is 11.7. The van der Waals surface area contributed by atoms with Crippen LogP contribution in [0.2, 0.25) is 0 Å². The van der Waals surface area contributed by atoms with Gasteiger partial charge in [0.2, 0.25) is 0 Å². The number of rotatable bonds is 3. The lowest BCUT2D eigenvalue weighted by Crippen LogP contribution is -2.22. The fourth-order valence-corrected chi connectivity index (χ4v) is 3.83. The van der Waals surface area contributed by atoms with E-state index in [0.29, 0.717) is 9.23 Å². The standard InChI is InChI=1S/C16H12INO2S2/c1-18-15(19)14(22-16(18)21)8-13-11(9-17)7-12(20-13)10-5-3-2-4-6-10/h2-8H,9H2,1H3/b14-8-. The molecule has 2 heterocycles. The molecule has 0 spiro atoms. The number of carbonyl (C=O) groups excluding carboxylic acids is 1. The number of nitrogens with zero attached hydrogens (tertiary/aromatic N) is 1. The van der Waals surface area contributed by atoms with E-state index in [0.717, 1.165) is 27.1 Å². The van der Waals surface area contributed by atoms with Crippen LogP contribution in [0.4, 0.5) is 0 Å². The third kappa shape index (κ3) is 3.00. The van der Waals surface area contributed by atoms with Crippen molar-refractivity contribution in [2.45, 2.75) is 4.43 Å². The molecule has 0 radical (unpaired) electrons. The van der Waals surface area contributed by atoms with Crippen LogP contribution in [-0.4, -0.2) is 22.2 Å². The van der Waals surface area contributed by atoms with E-state index in [1.165, 1.54) is 16.7 Å². The molecule has 0 aliphatic carbocycles. The van der Waals surface area contributed by atoms with Gasteiger partial charge in [-0.1, -0.05) is 76.9 Å². The number of hydrogen-bond acceptors (Lipinski definition) is 4. The summed E-state index contributed by atoms with van der Waals surface area (Å²) < 4.78 is 7.35. The molecule has 1 aromatic carbocycles. The maximum Gasteiger partial charge on any atom is 0.266 e. The van der Waals surface area contributed by atoms with Gasteiger partial charge in [0.1, 0.15) is 15.8 Å². The lowest BCUT2D eigenvalue weighted by Gasteiger charge is -2.03. The van der Waals surface area contributed by atoms with Gasteiger partial charge in [-0.15, -0.1) is 0 Å². The first kappa shape index (κ1) is 15.8. The molecular weight excluding hydrogens is 429 g/mol. The average molecular weight is 441 g/mol. The van der Waals surface area contributed by atoms with Crippen LogP contribution in [0.25, 0.3) is 17.4 Å². The Morgan fingerprint density at radius 3 is 2.68 bits per heavy atom. The number of hydrogen-bond donors (Lipinski definition) is 0. The smallest absolute Gasteiger partial charge is 0.266 e. The Bertz CT molecular complexity index is 768. The van der Waals surface area contributed by atoms with E-state index in [1.54, 1.807) is 13.1 Å². The summed E-state index contributed by atoms with van der Waals surface area (Å²) in [4.78, 5) is 14.2. The highest BCUT2D eigenvalue weighted by atomic mass is 127.